The van der Waals surface area contributed by atoms with E-state index in [-0.39, 0.29) is 0 Å². The van der Waals surface area contributed by atoms with E-state index in [1.165, 1.54) is 36.3 Å². The summed E-state index contributed by atoms with van der Waals surface area (Å²) in [7, 11) is -4.80. The van der Waals surface area contributed by atoms with E-state index in [9.17, 15) is 0 Å². The summed E-state index contributed by atoms with van der Waals surface area (Å²) in [6.45, 7) is 0. The van der Waals surface area contributed by atoms with Crippen LogP contribution in [0.3, 0.4) is 0 Å². The van der Waals surface area contributed by atoms with Crippen LogP contribution in [0.2, 0.25) is 0 Å². The lowest BCUT2D eigenvalue weighted by Crippen LogP contribution is -2.97. The van der Waals surface area contributed by atoms with Crippen molar-refractivity contribution in [2.45, 2.75) is 0 Å². The molecule has 0 saturated carbocycles. The Morgan fingerprint density at radius 1 is 0.407 bits per heavy atom. The molecule has 0 spiro atoms. The van der Waals surface area contributed by atoms with Gasteiger partial charge in [0.1, 0.15) is 0 Å². The zero-order chi connectivity index (χ0) is 18.1. The second kappa shape index (κ2) is 5.32. The van der Waals surface area contributed by atoms with E-state index in [1.54, 1.807) is 0 Å². The molecule has 0 unspecified atom stereocenters. The standard InChI is InChI=1S/C24H17ClSi2/c25-27-22-15-7-4-12-19(22)26(18-10-2-1-3-11-18,20-13-5-8-16-23(20)27)21-14-6-9-17-24(21)27/h1-17H. The minimum Gasteiger partial charge on any atom is -0.149 e. The van der Waals surface area contributed by atoms with Gasteiger partial charge in [-0.2, -0.15) is 0 Å². The fourth-order valence-electron chi connectivity index (χ4n) is 5.36. The molecule has 0 fully saturated rings. The Morgan fingerprint density at radius 2 is 0.741 bits per heavy atom. The maximum Gasteiger partial charge on any atom is 0.247 e. The quantitative estimate of drug-likeness (QED) is 0.331. The lowest BCUT2D eigenvalue weighted by molar-refractivity contribution is 1.65. The van der Waals surface area contributed by atoms with Crippen molar-refractivity contribution in [3.8, 4) is 0 Å². The predicted molar refractivity (Wildman–Crippen MR) is 121 cm³/mol. The zero-order valence-electron chi connectivity index (χ0n) is 14.7. The van der Waals surface area contributed by atoms with Gasteiger partial charge in [0.15, 0.2) is 8.07 Å². The highest BCUT2D eigenvalue weighted by atomic mass is 35.6. The van der Waals surface area contributed by atoms with Crippen molar-refractivity contribution in [3.05, 3.63) is 103 Å². The van der Waals surface area contributed by atoms with Crippen LogP contribution < -0.4 is 36.3 Å². The maximum absolute atomic E-state index is 7.70. The molecule has 3 heteroatoms. The monoisotopic (exact) mass is 396 g/mol. The summed E-state index contributed by atoms with van der Waals surface area (Å²) in [6, 6.07) is 38.1. The Hall–Kier alpha value is -2.40. The molecule has 3 aliphatic heterocycles. The Morgan fingerprint density at radius 3 is 1.15 bits per heavy atom. The zero-order valence-corrected chi connectivity index (χ0v) is 17.4. The normalized spacial score (nSPS) is 24.0. The summed E-state index contributed by atoms with van der Waals surface area (Å²) in [4.78, 5) is 0. The summed E-state index contributed by atoms with van der Waals surface area (Å²) in [5, 5.41) is 10.1. The van der Waals surface area contributed by atoms with Crippen LogP contribution in [-0.4, -0.2) is 15.5 Å². The smallest absolute Gasteiger partial charge is 0.149 e. The molecule has 4 aromatic rings. The first kappa shape index (κ1) is 15.6. The van der Waals surface area contributed by atoms with Crippen LogP contribution in [0.5, 0.6) is 0 Å². The average molecular weight is 397 g/mol. The average Bonchev–Trinajstić information content (AvgIpc) is 2.75. The molecule has 0 atom stereocenters. The highest BCUT2D eigenvalue weighted by molar-refractivity contribution is 7.49. The molecule has 128 valence electrons. The Kier molecular flexibility index (Phi) is 3.08. The van der Waals surface area contributed by atoms with Crippen LogP contribution in [0.15, 0.2) is 103 Å². The predicted octanol–water partition coefficient (Wildman–Crippen LogP) is 0.896. The highest BCUT2D eigenvalue weighted by Gasteiger charge is 2.61. The van der Waals surface area contributed by atoms with E-state index in [4.69, 9.17) is 11.1 Å². The van der Waals surface area contributed by atoms with Gasteiger partial charge in [-0.1, -0.05) is 103 Å². The molecule has 3 aliphatic rings. The van der Waals surface area contributed by atoms with Gasteiger partial charge in [0, 0.05) is 0 Å². The summed E-state index contributed by atoms with van der Waals surface area (Å²) in [5.41, 5.74) is 0. The summed E-state index contributed by atoms with van der Waals surface area (Å²) in [6.07, 6.45) is 0. The van der Waals surface area contributed by atoms with Gasteiger partial charge in [-0.3, -0.25) is 0 Å². The van der Waals surface area contributed by atoms with Crippen molar-refractivity contribution in [1.29, 1.82) is 0 Å². The van der Waals surface area contributed by atoms with E-state index in [0.717, 1.165) is 0 Å². The van der Waals surface area contributed by atoms with Crippen molar-refractivity contribution in [1.82, 2.24) is 0 Å². The fraction of sp³-hybridized carbons (Fsp3) is 0. The van der Waals surface area contributed by atoms with E-state index >= 15 is 0 Å². The second-order valence-corrected chi connectivity index (χ2v) is 15.7. The summed E-state index contributed by atoms with van der Waals surface area (Å²) < 4.78 is 0. The van der Waals surface area contributed by atoms with Crippen LogP contribution in [-0.2, 0) is 0 Å². The van der Waals surface area contributed by atoms with Crippen LogP contribution in [0, 0.1) is 0 Å². The third-order valence-corrected chi connectivity index (χ3v) is 17.4. The minimum absolute atomic E-state index is 1.40. The van der Waals surface area contributed by atoms with E-state index in [0.29, 0.717) is 0 Å². The van der Waals surface area contributed by atoms with E-state index < -0.39 is 15.5 Å². The first-order valence-corrected chi connectivity index (χ1v) is 14.3. The number of halogens is 1. The molecule has 0 amide bonds. The van der Waals surface area contributed by atoms with Gasteiger partial charge < -0.3 is 0 Å². The van der Waals surface area contributed by atoms with E-state index in [2.05, 4.69) is 103 Å². The largest absolute Gasteiger partial charge is 0.247 e. The Labute approximate surface area is 165 Å². The van der Waals surface area contributed by atoms with Crippen molar-refractivity contribution >= 4 is 62.8 Å². The SMILES string of the molecule is Cl[Si]12c3ccccc3[Si](c3ccccc3)(c3ccccc31)c1ccccc12. The highest BCUT2D eigenvalue weighted by Crippen LogP contribution is 2.23. The minimum atomic E-state index is -2.48. The molecule has 2 bridgehead atoms. The van der Waals surface area contributed by atoms with Gasteiger partial charge >= 0.3 is 0 Å². The molecule has 0 aliphatic carbocycles. The molecule has 7 rings (SSSR count). The number of rotatable bonds is 1. The number of hydrogen-bond acceptors (Lipinski definition) is 0. The first-order valence-electron chi connectivity index (χ1n) is 9.33. The molecule has 4 aromatic carbocycles. The Balaban J connectivity index is 1.91. The lowest BCUT2D eigenvalue weighted by atomic mass is 10.3. The number of hydrogen-bond donors (Lipinski definition) is 0. The molecular formula is C24H17ClSi2. The number of benzene rings is 4. The second-order valence-electron chi connectivity index (χ2n) is 7.41. The van der Waals surface area contributed by atoms with Gasteiger partial charge in [0.25, 0.3) is 0 Å². The molecule has 0 N–H and O–H groups in total. The third kappa shape index (κ3) is 1.70. The fourth-order valence-corrected chi connectivity index (χ4v) is 19.1. The van der Waals surface area contributed by atoms with Crippen molar-refractivity contribution < 1.29 is 0 Å². The molecule has 0 aromatic heterocycles. The van der Waals surface area contributed by atoms with Crippen LogP contribution in [0.1, 0.15) is 0 Å². The summed E-state index contributed by atoms with van der Waals surface area (Å²) in [5.74, 6) is 0. The van der Waals surface area contributed by atoms with Gasteiger partial charge in [0.05, 0.1) is 0 Å². The molecular weight excluding hydrogens is 380 g/mol. The maximum atomic E-state index is 7.70. The molecule has 0 nitrogen and oxygen atoms in total. The van der Waals surface area contributed by atoms with Crippen LogP contribution in [0.25, 0.3) is 0 Å². The van der Waals surface area contributed by atoms with Crippen molar-refractivity contribution in [2.75, 3.05) is 0 Å². The topological polar surface area (TPSA) is 0 Å². The third-order valence-electron chi connectivity index (χ3n) is 6.31. The van der Waals surface area contributed by atoms with Gasteiger partial charge in [-0.05, 0) is 36.3 Å². The van der Waals surface area contributed by atoms with Crippen molar-refractivity contribution in [3.63, 3.8) is 0 Å². The summed E-state index contributed by atoms with van der Waals surface area (Å²) >= 11 is 7.70. The first-order chi connectivity index (χ1) is 13.3. The van der Waals surface area contributed by atoms with E-state index in [1.807, 2.05) is 0 Å². The van der Waals surface area contributed by atoms with Gasteiger partial charge in [-0.15, -0.1) is 11.1 Å². The van der Waals surface area contributed by atoms with Gasteiger partial charge in [0.2, 0.25) is 7.38 Å². The van der Waals surface area contributed by atoms with Gasteiger partial charge in [-0.25, -0.2) is 0 Å². The van der Waals surface area contributed by atoms with Crippen LogP contribution in [0.4, 0.5) is 0 Å². The Bertz CT molecular complexity index is 1080. The van der Waals surface area contributed by atoms with Crippen LogP contribution >= 0.6 is 11.1 Å². The van der Waals surface area contributed by atoms with Crippen molar-refractivity contribution in [2.24, 2.45) is 0 Å². The molecule has 27 heavy (non-hydrogen) atoms. The lowest BCUT2D eigenvalue weighted by Gasteiger charge is -2.52. The molecule has 3 heterocycles. The molecule has 0 saturated heterocycles. The molecule has 0 radical (unpaired) electrons.